The van der Waals surface area contributed by atoms with Crippen LogP contribution < -0.4 is 21.1 Å². The molecule has 3 unspecified atom stereocenters. The molecule has 0 heterocycles. The van der Waals surface area contributed by atoms with Crippen molar-refractivity contribution in [1.29, 1.82) is 0 Å². The molecule has 0 aliphatic carbocycles. The molecule has 3 atom stereocenters. The van der Waals surface area contributed by atoms with E-state index in [1.165, 1.54) is 48.5 Å². The Bertz CT molecular complexity index is 1060. The van der Waals surface area contributed by atoms with Crippen molar-refractivity contribution in [3.05, 3.63) is 70.1 Å². The molecule has 2 aromatic carbocycles. The Hall–Kier alpha value is -2.91. The molecule has 0 bridgehead atoms. The molecule has 0 aliphatic rings. The highest BCUT2D eigenvalue weighted by Crippen LogP contribution is 2.48. The minimum Gasteiger partial charge on any atom is -0.595 e. The fraction of sp³-hybridized carbons (Fsp3) is 0.417. The van der Waals surface area contributed by atoms with E-state index in [0.717, 1.165) is 0 Å². The second kappa shape index (κ2) is 14.5. The summed E-state index contributed by atoms with van der Waals surface area (Å²) in [6, 6.07) is 10.5. The maximum atomic E-state index is 13.6. The Balaban J connectivity index is 2.10. The number of benzene rings is 2. The molecule has 0 radical (unpaired) electrons. The number of alkyl carbamates (subject to hydrolysis) is 1. The second-order valence-electron chi connectivity index (χ2n) is 9.47. The molecule has 6 N–H and O–H groups in total. The van der Waals surface area contributed by atoms with Crippen LogP contribution in [0.1, 0.15) is 45.2 Å². The van der Waals surface area contributed by atoms with Gasteiger partial charge in [0.2, 0.25) is 5.91 Å². The van der Waals surface area contributed by atoms with Crippen LogP contribution in [0.3, 0.4) is 0 Å². The number of carbonyl (C=O) groups excluding carboxylic acids is 2. The predicted molar refractivity (Wildman–Crippen MR) is 138 cm³/mol. The van der Waals surface area contributed by atoms with Gasteiger partial charge >= 0.3 is 13.7 Å². The molecule has 0 saturated heterocycles. The quantitative estimate of drug-likeness (QED) is 0.152. The third kappa shape index (κ3) is 11.4. The van der Waals surface area contributed by atoms with Crippen molar-refractivity contribution in [1.82, 2.24) is 10.6 Å². The lowest BCUT2D eigenvalue weighted by atomic mass is 10.2. The SMILES string of the molecule is CCC(NC(=O)OC(C)(C)C)C(=O)NCP(=O)(OCc1ccc([NH+]([O-])O)cc1)OCc1ccc([NH+]([O-])O)cc1. The summed E-state index contributed by atoms with van der Waals surface area (Å²) in [5.41, 5.74) is 0.399. The summed E-state index contributed by atoms with van der Waals surface area (Å²) >= 11 is 0. The zero-order chi connectivity index (χ0) is 29.2. The number of hydrogen-bond acceptors (Lipinski definition) is 10. The fourth-order valence-electron chi connectivity index (χ4n) is 3.06. The fourth-order valence-corrected chi connectivity index (χ4v) is 4.36. The highest BCUT2D eigenvalue weighted by molar-refractivity contribution is 7.53. The van der Waals surface area contributed by atoms with E-state index in [2.05, 4.69) is 10.6 Å². The Morgan fingerprint density at radius 2 is 1.36 bits per heavy atom. The van der Waals surface area contributed by atoms with Crippen molar-refractivity contribution in [2.75, 3.05) is 6.29 Å². The van der Waals surface area contributed by atoms with E-state index < -0.39 is 48.0 Å². The van der Waals surface area contributed by atoms with Gasteiger partial charge in [0.25, 0.3) is 0 Å². The monoisotopic (exact) mass is 570 g/mol. The molecule has 0 aliphatic heterocycles. The number of quaternary nitrogens is 2. The molecular weight excluding hydrogens is 535 g/mol. The lowest BCUT2D eigenvalue weighted by Crippen LogP contribution is -2.99. The number of ether oxygens (including phenoxy) is 1. The standard InChI is InChI=1S/C24H35N4O10P/c1-5-21(26-23(30)38-24(2,3)4)22(29)25-16-39(35,36-14-17-6-10-19(11-7-17)27(31)32)37-15-18-8-12-20(13-9-18)28(33)34/h6-13,21,27-28,31,33H,5,14-16H2,1-4H3,(H,25,29)(H,26,30). The lowest BCUT2D eigenvalue weighted by Gasteiger charge is -2.24. The zero-order valence-corrected chi connectivity index (χ0v) is 23.0. The van der Waals surface area contributed by atoms with Crippen LogP contribution in [0.25, 0.3) is 0 Å². The van der Waals surface area contributed by atoms with Crippen LogP contribution in [-0.2, 0) is 36.4 Å². The maximum Gasteiger partial charge on any atom is 0.408 e. The third-order valence-electron chi connectivity index (χ3n) is 5.12. The van der Waals surface area contributed by atoms with Gasteiger partial charge in [-0.1, -0.05) is 31.2 Å². The van der Waals surface area contributed by atoms with Gasteiger partial charge in [0.15, 0.2) is 11.4 Å². The van der Waals surface area contributed by atoms with E-state index in [0.29, 0.717) is 11.1 Å². The first-order valence-corrected chi connectivity index (χ1v) is 13.7. The van der Waals surface area contributed by atoms with Crippen molar-refractivity contribution in [2.45, 2.75) is 59.0 Å². The van der Waals surface area contributed by atoms with Crippen molar-refractivity contribution in [3.8, 4) is 0 Å². The van der Waals surface area contributed by atoms with Crippen LogP contribution in [0.4, 0.5) is 16.2 Å². The Morgan fingerprint density at radius 1 is 0.923 bits per heavy atom. The average Bonchev–Trinajstić information content (AvgIpc) is 2.87. The van der Waals surface area contributed by atoms with Crippen LogP contribution in [-0.4, -0.2) is 40.3 Å². The first-order valence-electron chi connectivity index (χ1n) is 12.0. The Kier molecular flexibility index (Phi) is 12.0. The molecule has 39 heavy (non-hydrogen) atoms. The van der Waals surface area contributed by atoms with E-state index in [9.17, 15) is 24.6 Å². The second-order valence-corrected chi connectivity index (χ2v) is 11.5. The van der Waals surface area contributed by atoms with Crippen LogP contribution in [0.2, 0.25) is 0 Å². The van der Waals surface area contributed by atoms with E-state index in [1.807, 2.05) is 0 Å². The summed E-state index contributed by atoms with van der Waals surface area (Å²) in [5, 5.41) is 43.0. The van der Waals surface area contributed by atoms with E-state index in [-0.39, 0.29) is 31.0 Å². The van der Waals surface area contributed by atoms with Crippen molar-refractivity contribution < 1.29 is 48.8 Å². The normalized spacial score (nSPS) is 15.5. The Morgan fingerprint density at radius 3 is 1.72 bits per heavy atom. The van der Waals surface area contributed by atoms with Gasteiger partial charge in [0.1, 0.15) is 17.9 Å². The van der Waals surface area contributed by atoms with E-state index in [1.54, 1.807) is 27.7 Å². The molecule has 216 valence electrons. The molecule has 15 heteroatoms. The van der Waals surface area contributed by atoms with Crippen molar-refractivity contribution in [2.24, 2.45) is 0 Å². The number of nitrogens with one attached hydrogen (secondary N) is 4. The van der Waals surface area contributed by atoms with Crippen molar-refractivity contribution in [3.63, 3.8) is 0 Å². The van der Waals surface area contributed by atoms with Gasteiger partial charge in [-0.05, 0) is 38.3 Å². The van der Waals surface area contributed by atoms with Gasteiger partial charge < -0.3 is 34.8 Å². The molecule has 2 aromatic rings. The largest absolute Gasteiger partial charge is 0.595 e. The summed E-state index contributed by atoms with van der Waals surface area (Å²) in [6.45, 7) is 6.31. The highest BCUT2D eigenvalue weighted by Gasteiger charge is 2.29. The molecular formula is C24H35N4O10P. The van der Waals surface area contributed by atoms with Gasteiger partial charge in [0, 0.05) is 24.3 Å². The molecule has 0 aromatic heterocycles. The topological polar surface area (TPSA) is 198 Å². The highest BCUT2D eigenvalue weighted by atomic mass is 31.2. The van der Waals surface area contributed by atoms with Crippen LogP contribution in [0.15, 0.2) is 48.5 Å². The number of rotatable bonds is 13. The molecule has 2 rings (SSSR count). The first kappa shape index (κ1) is 32.3. The maximum absolute atomic E-state index is 13.6. The van der Waals surface area contributed by atoms with E-state index >= 15 is 0 Å². The average molecular weight is 571 g/mol. The molecule has 14 nitrogen and oxygen atoms in total. The zero-order valence-electron chi connectivity index (χ0n) is 22.1. The molecule has 0 spiro atoms. The van der Waals surface area contributed by atoms with Gasteiger partial charge in [-0.2, -0.15) is 10.5 Å². The molecule has 0 saturated carbocycles. The van der Waals surface area contributed by atoms with Crippen molar-refractivity contribution >= 4 is 31.0 Å². The summed E-state index contributed by atoms with van der Waals surface area (Å²) in [6.07, 6.45) is -1.09. The number of carbonyl (C=O) groups is 2. The van der Waals surface area contributed by atoms with Crippen LogP contribution >= 0.6 is 7.60 Å². The molecule has 0 fully saturated rings. The summed E-state index contributed by atoms with van der Waals surface area (Å²) < 4.78 is 29.9. The summed E-state index contributed by atoms with van der Waals surface area (Å²) in [4.78, 5) is 24.8. The minimum absolute atomic E-state index is 0.0679. The summed E-state index contributed by atoms with van der Waals surface area (Å²) in [5.74, 6) is -0.632. The van der Waals surface area contributed by atoms with Gasteiger partial charge in [-0.3, -0.25) is 9.36 Å². The minimum atomic E-state index is -3.99. The smallest absolute Gasteiger partial charge is 0.408 e. The first-order chi connectivity index (χ1) is 18.2. The van der Waals surface area contributed by atoms with Gasteiger partial charge in [-0.15, -0.1) is 0 Å². The lowest BCUT2D eigenvalue weighted by molar-refractivity contribution is -0.991. The molecule has 2 amide bonds. The van der Waals surface area contributed by atoms with E-state index in [4.69, 9.17) is 24.2 Å². The predicted octanol–water partition coefficient (Wildman–Crippen LogP) is 1.80. The van der Waals surface area contributed by atoms with Crippen LogP contribution in [0.5, 0.6) is 0 Å². The Labute approximate surface area is 226 Å². The van der Waals surface area contributed by atoms with Gasteiger partial charge in [-0.25, -0.2) is 15.2 Å². The summed E-state index contributed by atoms with van der Waals surface area (Å²) in [7, 11) is -3.99. The van der Waals surface area contributed by atoms with Gasteiger partial charge in [0.05, 0.1) is 13.2 Å². The number of amides is 2. The number of hydrogen-bond donors (Lipinski definition) is 6. The third-order valence-corrected chi connectivity index (χ3v) is 6.71. The van der Waals surface area contributed by atoms with Crippen LogP contribution in [0, 0.1) is 10.4 Å².